The summed E-state index contributed by atoms with van der Waals surface area (Å²) in [7, 11) is 0.802. The van der Waals surface area contributed by atoms with E-state index in [2.05, 4.69) is 79.5 Å². The van der Waals surface area contributed by atoms with Crippen LogP contribution in [0.1, 0.15) is 55.4 Å². The van der Waals surface area contributed by atoms with Gasteiger partial charge in [0.25, 0.3) is 0 Å². The van der Waals surface area contributed by atoms with Gasteiger partial charge in [0, 0.05) is 33.0 Å². The Morgan fingerprint density at radius 2 is 0.737 bits per heavy atom. The fourth-order valence-corrected chi connectivity index (χ4v) is 2.98. The van der Waals surface area contributed by atoms with Crippen molar-refractivity contribution < 1.29 is 0 Å². The van der Waals surface area contributed by atoms with E-state index in [1.807, 2.05) is 0 Å². The van der Waals surface area contributed by atoms with E-state index in [1.54, 1.807) is 0 Å². The zero-order valence-corrected chi connectivity index (χ0v) is 19.1. The van der Waals surface area contributed by atoms with Gasteiger partial charge in [-0.25, -0.2) is 0 Å². The molecule has 0 heterocycles. The Morgan fingerprint density at radius 1 is 0.579 bits per heavy atom. The van der Waals surface area contributed by atoms with Gasteiger partial charge in [-0.15, -0.1) is 0 Å². The van der Waals surface area contributed by atoms with Crippen molar-refractivity contribution in [2.75, 3.05) is 0 Å². The molecule has 0 aromatic rings. The van der Waals surface area contributed by atoms with E-state index in [4.69, 9.17) is 0 Å². The van der Waals surface area contributed by atoms with E-state index in [9.17, 15) is 0 Å². The van der Waals surface area contributed by atoms with E-state index in [1.165, 1.54) is 0 Å². The third-order valence-electron chi connectivity index (χ3n) is 2.46. The number of hydrogen-bond donors (Lipinski definition) is 0. The van der Waals surface area contributed by atoms with Gasteiger partial charge < -0.3 is 0 Å². The molecule has 117 valence electrons. The maximum absolute atomic E-state index is 2.57. The number of hydrogen-bond acceptors (Lipinski definition) is 2. The van der Waals surface area contributed by atoms with Gasteiger partial charge in [-0.1, -0.05) is 0 Å². The molecule has 0 atom stereocenters. The van der Waals surface area contributed by atoms with E-state index in [-0.39, 0.29) is 0 Å². The fourth-order valence-electron chi connectivity index (χ4n) is 1.79. The quantitative estimate of drug-likeness (QED) is 0.455. The molecule has 1 radical (unpaired) electrons. The van der Waals surface area contributed by atoms with Gasteiger partial charge in [0.2, 0.25) is 0 Å². The second-order valence-electron chi connectivity index (χ2n) is 6.79. The van der Waals surface area contributed by atoms with Crippen molar-refractivity contribution in [1.29, 1.82) is 0 Å². The average molecular weight is 396 g/mol. The van der Waals surface area contributed by atoms with Crippen LogP contribution in [0, 0.1) is 0 Å². The molecular formula is C15H38N2PSn. The molecule has 4 heteroatoms. The molecule has 0 N–H and O–H groups in total. The molecule has 0 amide bonds. The molecular weight excluding hydrogens is 358 g/mol. The first-order valence-electron chi connectivity index (χ1n) is 7.60. The summed E-state index contributed by atoms with van der Waals surface area (Å²) in [6.45, 7) is 18.3. The summed E-state index contributed by atoms with van der Waals surface area (Å²) >= 11 is -0.543. The maximum atomic E-state index is 2.57. The Hall–Kier alpha value is 1.15. The monoisotopic (exact) mass is 397 g/mol. The third-order valence-corrected chi connectivity index (χ3v) is 4.98. The molecule has 19 heavy (non-hydrogen) atoms. The SMILES string of the molecule is CC(C)N(PN(C(C)C)C(C)C)C(C)C.[CH3][Sn]([CH3])[CH3]. The van der Waals surface area contributed by atoms with Gasteiger partial charge in [0.1, 0.15) is 0 Å². The van der Waals surface area contributed by atoms with Crippen LogP contribution in [-0.4, -0.2) is 53.3 Å². The first kappa shape index (κ1) is 22.4. The van der Waals surface area contributed by atoms with Crippen LogP contribution in [0.4, 0.5) is 0 Å². The van der Waals surface area contributed by atoms with Crippen LogP contribution in [0.3, 0.4) is 0 Å². The molecule has 0 aliphatic rings. The van der Waals surface area contributed by atoms with E-state index in [0.717, 1.165) is 8.88 Å². The molecule has 0 saturated heterocycles. The number of rotatable bonds is 6. The van der Waals surface area contributed by atoms with Crippen LogP contribution in [-0.2, 0) is 0 Å². The van der Waals surface area contributed by atoms with Gasteiger partial charge in [-0.3, -0.25) is 9.34 Å². The molecule has 0 aliphatic carbocycles. The van der Waals surface area contributed by atoms with Crippen molar-refractivity contribution in [3.63, 3.8) is 0 Å². The molecule has 0 unspecified atom stereocenters. The summed E-state index contributed by atoms with van der Waals surface area (Å²) in [5, 5.41) is 0. The van der Waals surface area contributed by atoms with Gasteiger partial charge >= 0.3 is 34.6 Å². The van der Waals surface area contributed by atoms with E-state index >= 15 is 0 Å². The molecule has 0 aliphatic heterocycles. The van der Waals surface area contributed by atoms with Crippen molar-refractivity contribution >= 4 is 28.6 Å². The van der Waals surface area contributed by atoms with Crippen LogP contribution < -0.4 is 0 Å². The standard InChI is InChI=1S/C12H29N2P.3CH3.Sn/c1-9(2)13(10(3)4)15-14(11(5)6)12(7)8;;;;/h9-12,15H,1-8H3;3*1H3;. The zero-order valence-electron chi connectivity index (χ0n) is 15.2. The van der Waals surface area contributed by atoms with Crippen LogP contribution in [0.2, 0.25) is 14.8 Å². The van der Waals surface area contributed by atoms with Crippen molar-refractivity contribution in [1.82, 2.24) is 9.34 Å². The first-order chi connectivity index (χ1) is 8.50. The Balaban J connectivity index is 0. The van der Waals surface area contributed by atoms with E-state index < -0.39 is 19.8 Å². The molecule has 0 fully saturated rings. The Morgan fingerprint density at radius 3 is 0.842 bits per heavy atom. The fraction of sp³-hybridized carbons (Fsp3) is 1.00. The third kappa shape index (κ3) is 12.6. The van der Waals surface area contributed by atoms with Crippen LogP contribution in [0.15, 0.2) is 0 Å². The summed E-state index contributed by atoms with van der Waals surface area (Å²) in [5.41, 5.74) is 0. The van der Waals surface area contributed by atoms with Gasteiger partial charge in [0.15, 0.2) is 0 Å². The average Bonchev–Trinajstić information content (AvgIpc) is 2.14. The zero-order chi connectivity index (χ0) is 15.7. The first-order valence-corrected chi connectivity index (χ1v) is 17.1. The second-order valence-corrected chi connectivity index (χ2v) is 16.6. The normalized spacial score (nSPS) is 12.3. The summed E-state index contributed by atoms with van der Waals surface area (Å²) in [4.78, 5) is 7.09. The Kier molecular flexibility index (Phi) is 13.9. The van der Waals surface area contributed by atoms with Gasteiger partial charge in [-0.05, 0) is 55.4 Å². The summed E-state index contributed by atoms with van der Waals surface area (Å²) in [6.07, 6.45) is 0. The predicted molar refractivity (Wildman–Crippen MR) is 95.9 cm³/mol. The van der Waals surface area contributed by atoms with Crippen LogP contribution >= 0.6 is 8.88 Å². The van der Waals surface area contributed by atoms with Gasteiger partial charge in [0.05, 0.1) is 0 Å². The molecule has 0 rings (SSSR count). The summed E-state index contributed by atoms with van der Waals surface area (Å²) in [6, 6.07) is 2.51. The van der Waals surface area contributed by atoms with Gasteiger partial charge in [-0.2, -0.15) is 0 Å². The van der Waals surface area contributed by atoms with Crippen molar-refractivity contribution in [3.8, 4) is 0 Å². The number of nitrogens with zero attached hydrogens (tertiary/aromatic N) is 2. The molecule has 2 nitrogen and oxygen atoms in total. The summed E-state index contributed by atoms with van der Waals surface area (Å²) in [5.74, 6) is 0. The topological polar surface area (TPSA) is 6.48 Å². The van der Waals surface area contributed by atoms with Crippen molar-refractivity contribution in [2.24, 2.45) is 0 Å². The van der Waals surface area contributed by atoms with E-state index in [0.29, 0.717) is 24.2 Å². The van der Waals surface area contributed by atoms with Crippen molar-refractivity contribution in [3.05, 3.63) is 0 Å². The summed E-state index contributed by atoms with van der Waals surface area (Å²) < 4.78 is 5.14. The second kappa shape index (κ2) is 11.8. The Bertz CT molecular complexity index is 170. The minimum atomic E-state index is -0.543. The molecule has 0 aromatic heterocycles. The minimum absolute atomic E-state index is 0.543. The predicted octanol–water partition coefficient (Wildman–Crippen LogP) is 5.10. The molecule has 0 spiro atoms. The van der Waals surface area contributed by atoms with Crippen molar-refractivity contribution in [2.45, 2.75) is 94.4 Å². The molecule has 0 aromatic carbocycles. The van der Waals surface area contributed by atoms with Crippen LogP contribution in [0.5, 0.6) is 0 Å². The molecule has 0 bridgehead atoms. The van der Waals surface area contributed by atoms with Crippen LogP contribution in [0.25, 0.3) is 0 Å². The molecule has 0 saturated carbocycles. The Labute approximate surface area is 132 Å².